The first-order chi connectivity index (χ1) is 12.6. The molecule has 2 amide bonds. The van der Waals surface area contributed by atoms with Crippen LogP contribution in [0, 0.1) is 23.2 Å². The van der Waals surface area contributed by atoms with Gasteiger partial charge in [-0.25, -0.2) is 4.98 Å². The summed E-state index contributed by atoms with van der Waals surface area (Å²) in [5.41, 5.74) is 1.47. The fraction of sp³-hybridized carbons (Fsp3) is 0.550. The van der Waals surface area contributed by atoms with Gasteiger partial charge in [0.1, 0.15) is 0 Å². The van der Waals surface area contributed by atoms with Crippen LogP contribution in [0.2, 0.25) is 0 Å². The Kier molecular flexibility index (Phi) is 3.55. The smallest absolute Gasteiger partial charge is 0.246 e. The van der Waals surface area contributed by atoms with Gasteiger partial charge in [-0.1, -0.05) is 12.1 Å². The number of aromatic nitrogens is 2. The van der Waals surface area contributed by atoms with Crippen LogP contribution in [0.25, 0.3) is 11.0 Å². The standard InChI is InChI=1S/C20H24N4O2/c25-17(24-19-22-15-3-1-2-4-16(15)23-19)11-21-18(26)20-8-12-5-13(9-20)7-14(6-12)10-20/h1-4,12-14H,5-11H2,(H,21,26)(H2,22,23,24,25). The van der Waals surface area contributed by atoms with Crippen molar-refractivity contribution in [1.82, 2.24) is 15.3 Å². The predicted molar refractivity (Wildman–Crippen MR) is 98.3 cm³/mol. The van der Waals surface area contributed by atoms with E-state index in [9.17, 15) is 9.59 Å². The maximum atomic E-state index is 12.9. The summed E-state index contributed by atoms with van der Waals surface area (Å²) < 4.78 is 0. The van der Waals surface area contributed by atoms with Crippen molar-refractivity contribution in [2.75, 3.05) is 11.9 Å². The van der Waals surface area contributed by atoms with E-state index in [2.05, 4.69) is 20.6 Å². The molecule has 6 heteroatoms. The van der Waals surface area contributed by atoms with Gasteiger partial charge in [0.05, 0.1) is 17.6 Å². The third-order valence-corrected chi connectivity index (χ3v) is 6.58. The van der Waals surface area contributed by atoms with Gasteiger partial charge < -0.3 is 10.3 Å². The van der Waals surface area contributed by atoms with Crippen LogP contribution in [0.5, 0.6) is 0 Å². The normalized spacial score (nSPS) is 31.9. The molecule has 6 rings (SSSR count). The van der Waals surface area contributed by atoms with Gasteiger partial charge in [0, 0.05) is 5.41 Å². The number of para-hydroxylation sites is 2. The van der Waals surface area contributed by atoms with E-state index in [1.165, 1.54) is 19.3 Å². The summed E-state index contributed by atoms with van der Waals surface area (Å²) in [6, 6.07) is 7.61. The molecule has 4 saturated carbocycles. The average Bonchev–Trinajstić information content (AvgIpc) is 3.00. The minimum Gasteiger partial charge on any atom is -0.347 e. The number of benzene rings is 1. The summed E-state index contributed by atoms with van der Waals surface area (Å²) in [5.74, 6) is 2.41. The number of anilines is 1. The number of carbonyl (C=O) groups excluding carboxylic acids is 2. The van der Waals surface area contributed by atoms with Crippen LogP contribution in [-0.2, 0) is 9.59 Å². The highest BCUT2D eigenvalue weighted by Crippen LogP contribution is 2.60. The van der Waals surface area contributed by atoms with Crippen molar-refractivity contribution in [3.8, 4) is 0 Å². The number of nitrogens with one attached hydrogen (secondary N) is 3. The number of rotatable bonds is 4. The van der Waals surface area contributed by atoms with Crippen LogP contribution in [0.15, 0.2) is 24.3 Å². The molecule has 0 radical (unpaired) electrons. The Balaban J connectivity index is 1.20. The summed E-state index contributed by atoms with van der Waals surface area (Å²) in [5, 5.41) is 5.64. The first-order valence-corrected chi connectivity index (χ1v) is 9.62. The molecule has 2 aromatic rings. The van der Waals surface area contributed by atoms with Crippen LogP contribution >= 0.6 is 0 Å². The number of imidazole rings is 1. The van der Waals surface area contributed by atoms with Gasteiger partial charge in [0.2, 0.25) is 17.8 Å². The maximum absolute atomic E-state index is 12.9. The molecule has 1 aromatic heterocycles. The zero-order valence-corrected chi connectivity index (χ0v) is 14.8. The quantitative estimate of drug-likeness (QED) is 0.791. The molecule has 3 N–H and O–H groups in total. The second-order valence-corrected chi connectivity index (χ2v) is 8.53. The van der Waals surface area contributed by atoms with E-state index in [1.54, 1.807) is 0 Å². The highest BCUT2D eigenvalue weighted by atomic mass is 16.2. The Hall–Kier alpha value is -2.37. The molecule has 0 spiro atoms. The number of hydrogen-bond donors (Lipinski definition) is 3. The molecule has 0 saturated heterocycles. The fourth-order valence-electron chi connectivity index (χ4n) is 5.93. The predicted octanol–water partition coefficient (Wildman–Crippen LogP) is 2.83. The van der Waals surface area contributed by atoms with Crippen LogP contribution in [0.4, 0.5) is 5.95 Å². The number of H-pyrrole nitrogens is 1. The highest BCUT2D eigenvalue weighted by Gasteiger charge is 2.54. The molecule has 4 aliphatic carbocycles. The Bertz CT molecular complexity index is 803. The third kappa shape index (κ3) is 2.68. The summed E-state index contributed by atoms with van der Waals surface area (Å²) in [6.07, 6.45) is 6.94. The van der Waals surface area contributed by atoms with Gasteiger partial charge in [-0.2, -0.15) is 0 Å². The molecular weight excluding hydrogens is 328 g/mol. The molecule has 1 aromatic carbocycles. The van der Waals surface area contributed by atoms with E-state index in [-0.39, 0.29) is 23.8 Å². The fourth-order valence-corrected chi connectivity index (χ4v) is 5.93. The zero-order chi connectivity index (χ0) is 17.7. The van der Waals surface area contributed by atoms with Crippen LogP contribution in [0.1, 0.15) is 38.5 Å². The lowest BCUT2D eigenvalue weighted by atomic mass is 9.49. The van der Waals surface area contributed by atoms with Crippen molar-refractivity contribution >= 4 is 28.8 Å². The summed E-state index contributed by atoms with van der Waals surface area (Å²) >= 11 is 0. The Morgan fingerprint density at radius 3 is 2.38 bits per heavy atom. The molecule has 0 atom stereocenters. The highest BCUT2D eigenvalue weighted by molar-refractivity contribution is 5.95. The van der Waals surface area contributed by atoms with E-state index >= 15 is 0 Å². The van der Waals surface area contributed by atoms with Crippen molar-refractivity contribution in [3.63, 3.8) is 0 Å². The van der Waals surface area contributed by atoms with Crippen molar-refractivity contribution in [2.45, 2.75) is 38.5 Å². The van der Waals surface area contributed by atoms with Crippen LogP contribution < -0.4 is 10.6 Å². The monoisotopic (exact) mass is 352 g/mol. The molecule has 1 heterocycles. The number of fused-ring (bicyclic) bond motifs is 1. The lowest BCUT2D eigenvalue weighted by Crippen LogP contribution is -2.54. The zero-order valence-electron chi connectivity index (χ0n) is 14.8. The van der Waals surface area contributed by atoms with E-state index in [4.69, 9.17) is 0 Å². The van der Waals surface area contributed by atoms with E-state index in [0.717, 1.165) is 48.0 Å². The van der Waals surface area contributed by atoms with Gasteiger partial charge in [-0.15, -0.1) is 0 Å². The van der Waals surface area contributed by atoms with E-state index in [0.29, 0.717) is 5.95 Å². The number of aromatic amines is 1. The molecule has 0 unspecified atom stereocenters. The van der Waals surface area contributed by atoms with Gasteiger partial charge in [-0.3, -0.25) is 14.9 Å². The van der Waals surface area contributed by atoms with Crippen molar-refractivity contribution in [2.24, 2.45) is 23.2 Å². The van der Waals surface area contributed by atoms with Crippen molar-refractivity contribution in [1.29, 1.82) is 0 Å². The minimum absolute atomic E-state index is 0.00235. The first-order valence-electron chi connectivity index (χ1n) is 9.62. The molecule has 136 valence electrons. The average molecular weight is 352 g/mol. The Morgan fingerprint density at radius 1 is 1.08 bits per heavy atom. The Labute approximate surface area is 152 Å². The largest absolute Gasteiger partial charge is 0.347 e. The molecule has 4 aliphatic rings. The van der Waals surface area contributed by atoms with Gasteiger partial charge in [-0.05, 0) is 68.4 Å². The number of amides is 2. The van der Waals surface area contributed by atoms with Crippen LogP contribution in [-0.4, -0.2) is 28.3 Å². The van der Waals surface area contributed by atoms with Gasteiger partial charge >= 0.3 is 0 Å². The SMILES string of the molecule is O=C(CNC(=O)C12CC3CC(CC(C3)C1)C2)Nc1nc2ccccc2[nH]1. The second-order valence-electron chi connectivity index (χ2n) is 8.53. The van der Waals surface area contributed by atoms with E-state index < -0.39 is 0 Å². The summed E-state index contributed by atoms with van der Waals surface area (Å²) in [7, 11) is 0. The maximum Gasteiger partial charge on any atom is 0.246 e. The summed E-state index contributed by atoms with van der Waals surface area (Å²) in [6.45, 7) is -0.00235. The molecule has 0 aliphatic heterocycles. The Morgan fingerprint density at radius 2 is 1.73 bits per heavy atom. The van der Waals surface area contributed by atoms with Gasteiger partial charge in [0.25, 0.3) is 0 Å². The molecule has 4 fully saturated rings. The van der Waals surface area contributed by atoms with Crippen molar-refractivity contribution in [3.05, 3.63) is 24.3 Å². The molecule has 6 nitrogen and oxygen atoms in total. The van der Waals surface area contributed by atoms with Gasteiger partial charge in [0.15, 0.2) is 0 Å². The number of nitrogens with zero attached hydrogens (tertiary/aromatic N) is 1. The molecule has 26 heavy (non-hydrogen) atoms. The third-order valence-electron chi connectivity index (χ3n) is 6.58. The lowest BCUT2D eigenvalue weighted by molar-refractivity contribution is -0.146. The number of carbonyl (C=O) groups is 2. The molecule has 4 bridgehead atoms. The van der Waals surface area contributed by atoms with E-state index in [1.807, 2.05) is 24.3 Å². The number of hydrogen-bond acceptors (Lipinski definition) is 3. The topological polar surface area (TPSA) is 86.9 Å². The first kappa shape index (κ1) is 15.9. The lowest BCUT2D eigenvalue weighted by Gasteiger charge is -2.55. The van der Waals surface area contributed by atoms with Crippen LogP contribution in [0.3, 0.4) is 0 Å². The summed E-state index contributed by atoms with van der Waals surface area (Å²) in [4.78, 5) is 32.5. The van der Waals surface area contributed by atoms with Crippen molar-refractivity contribution < 1.29 is 9.59 Å². The second kappa shape index (κ2) is 5.83. The minimum atomic E-state index is -0.248. The molecular formula is C20H24N4O2.